The van der Waals surface area contributed by atoms with Gasteiger partial charge in [0, 0.05) is 18.7 Å². The molecule has 3 heterocycles. The van der Waals surface area contributed by atoms with Crippen molar-refractivity contribution in [3.05, 3.63) is 48.2 Å². The van der Waals surface area contributed by atoms with Crippen LogP contribution in [0.5, 0.6) is 5.88 Å². The standard InChI is InChI=1S/C17H15N3O3S/c21-16(20-17-19-13-3-1-2-4-14(13)24-17)11-5-6-15(18-9-11)23-12-7-8-22-10-12/h1-6,9,12H,7-8,10H2,(H,19,20,21). The predicted molar refractivity (Wildman–Crippen MR) is 91.7 cm³/mol. The van der Waals surface area contributed by atoms with E-state index < -0.39 is 0 Å². The highest BCUT2D eigenvalue weighted by molar-refractivity contribution is 7.22. The van der Waals surface area contributed by atoms with E-state index in [1.54, 1.807) is 12.1 Å². The highest BCUT2D eigenvalue weighted by atomic mass is 32.1. The van der Waals surface area contributed by atoms with Gasteiger partial charge in [0.15, 0.2) is 5.13 Å². The Kier molecular flexibility index (Phi) is 4.10. The zero-order chi connectivity index (χ0) is 16.4. The molecule has 24 heavy (non-hydrogen) atoms. The molecule has 3 aromatic rings. The van der Waals surface area contributed by atoms with Gasteiger partial charge in [-0.25, -0.2) is 9.97 Å². The minimum Gasteiger partial charge on any atom is -0.472 e. The maximum absolute atomic E-state index is 12.3. The van der Waals surface area contributed by atoms with Gasteiger partial charge in [0.25, 0.3) is 5.91 Å². The highest BCUT2D eigenvalue weighted by Crippen LogP contribution is 2.25. The molecule has 1 saturated heterocycles. The maximum atomic E-state index is 12.3. The van der Waals surface area contributed by atoms with E-state index in [2.05, 4.69) is 15.3 Å². The van der Waals surface area contributed by atoms with Crippen LogP contribution in [-0.2, 0) is 4.74 Å². The zero-order valence-electron chi connectivity index (χ0n) is 12.8. The predicted octanol–water partition coefficient (Wildman–Crippen LogP) is 3.11. The molecule has 0 spiro atoms. The van der Waals surface area contributed by atoms with Gasteiger partial charge in [-0.15, -0.1) is 0 Å². The van der Waals surface area contributed by atoms with Crippen molar-refractivity contribution < 1.29 is 14.3 Å². The molecular formula is C17H15N3O3S. The number of hydrogen-bond acceptors (Lipinski definition) is 6. The van der Waals surface area contributed by atoms with E-state index in [1.165, 1.54) is 17.5 Å². The van der Waals surface area contributed by atoms with E-state index in [1.807, 2.05) is 24.3 Å². The van der Waals surface area contributed by atoms with Crippen molar-refractivity contribution in [2.75, 3.05) is 18.5 Å². The summed E-state index contributed by atoms with van der Waals surface area (Å²) in [5.74, 6) is 0.263. The van der Waals surface area contributed by atoms with Crippen molar-refractivity contribution >= 4 is 32.6 Å². The second-order valence-corrected chi connectivity index (χ2v) is 6.46. The van der Waals surface area contributed by atoms with Gasteiger partial charge < -0.3 is 9.47 Å². The molecule has 1 aliphatic heterocycles. The summed E-state index contributed by atoms with van der Waals surface area (Å²) in [7, 11) is 0. The number of carbonyl (C=O) groups is 1. The summed E-state index contributed by atoms with van der Waals surface area (Å²) in [6, 6.07) is 11.2. The highest BCUT2D eigenvalue weighted by Gasteiger charge is 2.18. The second-order valence-electron chi connectivity index (χ2n) is 5.43. The van der Waals surface area contributed by atoms with Gasteiger partial charge in [-0.3, -0.25) is 10.1 Å². The summed E-state index contributed by atoms with van der Waals surface area (Å²) in [6.07, 6.45) is 2.41. The van der Waals surface area contributed by atoms with Crippen molar-refractivity contribution in [1.29, 1.82) is 0 Å². The number of para-hydroxylation sites is 1. The number of benzene rings is 1. The van der Waals surface area contributed by atoms with Crippen LogP contribution in [0.25, 0.3) is 10.2 Å². The van der Waals surface area contributed by atoms with Crippen molar-refractivity contribution in [3.63, 3.8) is 0 Å². The molecule has 6 nitrogen and oxygen atoms in total. The van der Waals surface area contributed by atoms with E-state index in [9.17, 15) is 4.79 Å². The third kappa shape index (κ3) is 3.22. The molecule has 4 rings (SSSR count). The average molecular weight is 341 g/mol. The SMILES string of the molecule is O=C(Nc1nc2ccccc2s1)c1ccc(OC2CCOC2)nc1. The molecule has 0 bridgehead atoms. The Morgan fingerprint density at radius 3 is 2.96 bits per heavy atom. The molecular weight excluding hydrogens is 326 g/mol. The average Bonchev–Trinajstić information content (AvgIpc) is 3.24. The first-order valence-corrected chi connectivity index (χ1v) is 8.47. The van der Waals surface area contributed by atoms with Crippen LogP contribution in [0, 0.1) is 0 Å². The summed E-state index contributed by atoms with van der Waals surface area (Å²) in [5, 5.41) is 3.38. The topological polar surface area (TPSA) is 73.3 Å². The molecule has 0 saturated carbocycles. The molecule has 7 heteroatoms. The van der Waals surface area contributed by atoms with Gasteiger partial charge >= 0.3 is 0 Å². The number of hydrogen-bond donors (Lipinski definition) is 1. The van der Waals surface area contributed by atoms with Crippen LogP contribution in [0.15, 0.2) is 42.6 Å². The molecule has 0 aliphatic carbocycles. The summed E-state index contributed by atoms with van der Waals surface area (Å²) >= 11 is 1.44. The number of ether oxygens (including phenoxy) is 2. The Hall–Kier alpha value is -2.51. The Labute approximate surface area is 142 Å². The summed E-state index contributed by atoms with van der Waals surface area (Å²) in [6.45, 7) is 1.30. The molecule has 1 fully saturated rings. The number of aromatic nitrogens is 2. The fourth-order valence-electron chi connectivity index (χ4n) is 2.46. The smallest absolute Gasteiger partial charge is 0.259 e. The van der Waals surface area contributed by atoms with Crippen LogP contribution >= 0.6 is 11.3 Å². The number of rotatable bonds is 4. The first-order valence-electron chi connectivity index (χ1n) is 7.65. The van der Waals surface area contributed by atoms with E-state index >= 15 is 0 Å². The van der Waals surface area contributed by atoms with Gasteiger partial charge in [-0.1, -0.05) is 23.5 Å². The Morgan fingerprint density at radius 2 is 2.21 bits per heavy atom. The van der Waals surface area contributed by atoms with E-state index in [0.29, 0.717) is 29.8 Å². The number of thiazole rings is 1. The van der Waals surface area contributed by atoms with E-state index in [0.717, 1.165) is 16.6 Å². The largest absolute Gasteiger partial charge is 0.472 e. The van der Waals surface area contributed by atoms with Gasteiger partial charge in [-0.05, 0) is 18.2 Å². The van der Waals surface area contributed by atoms with E-state index in [-0.39, 0.29) is 12.0 Å². The zero-order valence-corrected chi connectivity index (χ0v) is 13.6. The van der Waals surface area contributed by atoms with E-state index in [4.69, 9.17) is 9.47 Å². The first-order chi connectivity index (χ1) is 11.8. The molecule has 2 aromatic heterocycles. The van der Waals surface area contributed by atoms with Crippen LogP contribution in [-0.4, -0.2) is 35.2 Å². The van der Waals surface area contributed by atoms with Crippen molar-refractivity contribution in [2.24, 2.45) is 0 Å². The summed E-state index contributed by atoms with van der Waals surface area (Å²) in [4.78, 5) is 20.9. The lowest BCUT2D eigenvalue weighted by Gasteiger charge is -2.10. The normalized spacial score (nSPS) is 17.1. The fourth-order valence-corrected chi connectivity index (χ4v) is 3.32. The molecule has 0 radical (unpaired) electrons. The molecule has 122 valence electrons. The number of pyridine rings is 1. The lowest BCUT2D eigenvalue weighted by Crippen LogP contribution is -2.17. The minimum absolute atomic E-state index is 0.0416. The number of carbonyl (C=O) groups excluding carboxylic acids is 1. The van der Waals surface area contributed by atoms with Gasteiger partial charge in [0.1, 0.15) is 6.10 Å². The van der Waals surface area contributed by atoms with Crippen LogP contribution in [0.2, 0.25) is 0 Å². The Bertz CT molecular complexity index is 824. The van der Waals surface area contributed by atoms with Crippen molar-refractivity contribution in [3.8, 4) is 5.88 Å². The Morgan fingerprint density at radius 1 is 1.29 bits per heavy atom. The van der Waals surface area contributed by atoms with Crippen LogP contribution in [0.3, 0.4) is 0 Å². The first kappa shape index (κ1) is 15.0. The molecule has 1 unspecified atom stereocenters. The van der Waals surface area contributed by atoms with Gasteiger partial charge in [-0.2, -0.15) is 0 Å². The fraction of sp³-hybridized carbons (Fsp3) is 0.235. The number of nitrogens with one attached hydrogen (secondary N) is 1. The minimum atomic E-state index is -0.239. The lowest BCUT2D eigenvalue weighted by atomic mass is 10.2. The Balaban J connectivity index is 1.43. The molecule has 1 N–H and O–H groups in total. The summed E-state index contributed by atoms with van der Waals surface area (Å²) < 4.78 is 12.0. The molecule has 1 aromatic carbocycles. The summed E-state index contributed by atoms with van der Waals surface area (Å²) in [5.41, 5.74) is 1.34. The third-order valence-corrected chi connectivity index (χ3v) is 4.64. The monoisotopic (exact) mass is 341 g/mol. The molecule has 1 amide bonds. The van der Waals surface area contributed by atoms with Crippen LogP contribution in [0.1, 0.15) is 16.8 Å². The van der Waals surface area contributed by atoms with Gasteiger partial charge in [0.05, 0.1) is 29.0 Å². The van der Waals surface area contributed by atoms with Crippen molar-refractivity contribution in [1.82, 2.24) is 9.97 Å². The number of anilines is 1. The quantitative estimate of drug-likeness (QED) is 0.789. The van der Waals surface area contributed by atoms with Gasteiger partial charge in [0.2, 0.25) is 5.88 Å². The number of amides is 1. The number of nitrogens with zero attached hydrogens (tertiary/aromatic N) is 2. The van der Waals surface area contributed by atoms with Crippen LogP contribution in [0.4, 0.5) is 5.13 Å². The second kappa shape index (κ2) is 6.54. The maximum Gasteiger partial charge on any atom is 0.259 e. The molecule has 1 atom stereocenters. The van der Waals surface area contributed by atoms with Crippen molar-refractivity contribution in [2.45, 2.75) is 12.5 Å². The number of fused-ring (bicyclic) bond motifs is 1. The third-order valence-electron chi connectivity index (χ3n) is 3.69. The molecule has 1 aliphatic rings. The van der Waals surface area contributed by atoms with Crippen LogP contribution < -0.4 is 10.1 Å². The lowest BCUT2D eigenvalue weighted by molar-refractivity contribution is 0.102.